The van der Waals surface area contributed by atoms with Gasteiger partial charge in [0.05, 0.1) is 32.0 Å². The van der Waals surface area contributed by atoms with E-state index in [0.29, 0.717) is 25.0 Å². The molecule has 0 aromatic heterocycles. The molecule has 0 aliphatic carbocycles. The molecule has 4 N–H and O–H groups in total. The van der Waals surface area contributed by atoms with E-state index in [0.717, 1.165) is 83.5 Å². The Kier molecular flexibility index (Phi) is 33.1. The fourth-order valence-electron chi connectivity index (χ4n) is 6.23. The minimum Gasteiger partial charge on any atom is -0.462 e. The number of epoxide rings is 1. The summed E-state index contributed by atoms with van der Waals surface area (Å²) in [5, 5.41) is 9.75. The Morgan fingerprint density at radius 1 is 0.586 bits per heavy atom. The van der Waals surface area contributed by atoms with Crippen LogP contribution in [0.2, 0.25) is 0 Å². The Bertz CT molecular complexity index is 1190. The molecule has 0 spiro atoms. The fourth-order valence-corrected chi connectivity index (χ4v) is 7.39. The standard InChI is InChI=1S/C42H78O14P2/c1-3-5-7-9-11-12-13-14-15-16-17-18-19-23-27-31-41(44)51-35-38(36-54-58(49,50)53-34-37(43)33-52-57(46,47)48)55-42(45)32-28-24-20-22-26-30-40-39(56-40)29-25-21-10-8-6-4-2/h14-15,21,25,37-40,43H,3-13,16-20,22-24,26-36H2,1-2H3,(H,49,50)(H2,46,47,48)/b15-14-,25-21-/t37-,38+,39?,40?/m0/s1. The maximum Gasteiger partial charge on any atom is 0.472 e. The van der Waals surface area contributed by atoms with Gasteiger partial charge in [0, 0.05) is 12.8 Å². The van der Waals surface area contributed by atoms with Gasteiger partial charge in [-0.1, -0.05) is 128 Å². The largest absolute Gasteiger partial charge is 0.472 e. The lowest BCUT2D eigenvalue weighted by Crippen LogP contribution is -2.30. The molecule has 340 valence electrons. The monoisotopic (exact) mass is 868 g/mol. The average molecular weight is 869 g/mol. The first-order chi connectivity index (χ1) is 27.8. The smallest absolute Gasteiger partial charge is 0.462 e. The van der Waals surface area contributed by atoms with Gasteiger partial charge in [-0.3, -0.25) is 23.2 Å². The van der Waals surface area contributed by atoms with Crippen molar-refractivity contribution in [2.45, 2.75) is 205 Å². The van der Waals surface area contributed by atoms with Crippen LogP contribution in [-0.2, 0) is 46.5 Å². The van der Waals surface area contributed by atoms with Gasteiger partial charge in [0.1, 0.15) is 12.7 Å². The number of carbonyl (C=O) groups excluding carboxylic acids is 2. The van der Waals surface area contributed by atoms with Crippen molar-refractivity contribution >= 4 is 27.6 Å². The molecule has 1 saturated heterocycles. The Morgan fingerprint density at radius 2 is 1.07 bits per heavy atom. The molecule has 0 aromatic carbocycles. The molecule has 0 aromatic rings. The van der Waals surface area contributed by atoms with Gasteiger partial charge in [-0.25, -0.2) is 9.13 Å². The molecule has 1 rings (SSSR count). The Labute approximate surface area is 349 Å². The fraction of sp³-hybridized carbons (Fsp3) is 0.857. The molecule has 0 radical (unpaired) electrons. The van der Waals surface area contributed by atoms with Crippen LogP contribution in [-0.4, -0.2) is 82.6 Å². The van der Waals surface area contributed by atoms with Crippen molar-refractivity contribution in [1.29, 1.82) is 0 Å². The third-order valence-corrected chi connectivity index (χ3v) is 11.2. The highest BCUT2D eigenvalue weighted by Gasteiger charge is 2.36. The van der Waals surface area contributed by atoms with Gasteiger partial charge in [-0.05, 0) is 64.2 Å². The number of aliphatic hydroxyl groups excluding tert-OH is 1. The van der Waals surface area contributed by atoms with Crippen molar-refractivity contribution in [3.8, 4) is 0 Å². The minimum absolute atomic E-state index is 0.108. The molecule has 3 unspecified atom stereocenters. The quantitative estimate of drug-likeness (QED) is 0.0148. The number of ether oxygens (including phenoxy) is 3. The molecule has 14 nitrogen and oxygen atoms in total. The second-order valence-electron chi connectivity index (χ2n) is 15.4. The lowest BCUT2D eigenvalue weighted by Gasteiger charge is -2.20. The predicted molar refractivity (Wildman–Crippen MR) is 225 cm³/mol. The molecule has 16 heteroatoms. The van der Waals surface area contributed by atoms with E-state index in [1.54, 1.807) is 0 Å². The lowest BCUT2D eigenvalue weighted by atomic mass is 10.1. The summed E-state index contributed by atoms with van der Waals surface area (Å²) < 4.78 is 53.6. The zero-order valence-electron chi connectivity index (χ0n) is 35.6. The van der Waals surface area contributed by atoms with Crippen LogP contribution in [0.5, 0.6) is 0 Å². The highest BCUT2D eigenvalue weighted by atomic mass is 31.2. The zero-order valence-corrected chi connectivity index (χ0v) is 37.4. The van der Waals surface area contributed by atoms with Crippen molar-refractivity contribution in [3.63, 3.8) is 0 Å². The summed E-state index contributed by atoms with van der Waals surface area (Å²) in [5.74, 6) is -1.06. The van der Waals surface area contributed by atoms with E-state index in [1.165, 1.54) is 57.8 Å². The summed E-state index contributed by atoms with van der Waals surface area (Å²) >= 11 is 0. The topological polar surface area (TPSA) is 208 Å². The maximum atomic E-state index is 12.7. The van der Waals surface area contributed by atoms with Gasteiger partial charge in [0.25, 0.3) is 0 Å². The van der Waals surface area contributed by atoms with Crippen molar-refractivity contribution in [2.24, 2.45) is 0 Å². The molecule has 1 fully saturated rings. The first-order valence-corrected chi connectivity index (χ1v) is 25.2. The van der Waals surface area contributed by atoms with Gasteiger partial charge < -0.3 is 34.0 Å². The van der Waals surface area contributed by atoms with Gasteiger partial charge in [-0.15, -0.1) is 0 Å². The summed E-state index contributed by atoms with van der Waals surface area (Å²) in [4.78, 5) is 52.7. The second kappa shape index (κ2) is 35.2. The van der Waals surface area contributed by atoms with Gasteiger partial charge >= 0.3 is 27.6 Å². The van der Waals surface area contributed by atoms with E-state index >= 15 is 0 Å². The van der Waals surface area contributed by atoms with Crippen molar-refractivity contribution in [2.75, 3.05) is 26.4 Å². The number of allylic oxidation sites excluding steroid dienone is 3. The van der Waals surface area contributed by atoms with Crippen LogP contribution < -0.4 is 0 Å². The summed E-state index contributed by atoms with van der Waals surface area (Å²) in [5.41, 5.74) is 0. The number of hydrogen-bond acceptors (Lipinski definition) is 11. The SMILES string of the molecule is CCCCC/C=C\CC1OC1CCCCCCCC(=O)O[C@H](COC(=O)CCCCCCC/C=C\CCCCCCCC)COP(=O)(O)OC[C@@H](O)COP(=O)(O)O. The molecule has 1 heterocycles. The van der Waals surface area contributed by atoms with Crippen molar-refractivity contribution in [1.82, 2.24) is 0 Å². The van der Waals surface area contributed by atoms with Crippen LogP contribution in [0.4, 0.5) is 0 Å². The Balaban J connectivity index is 2.37. The first kappa shape index (κ1) is 54.6. The number of esters is 2. The summed E-state index contributed by atoms with van der Waals surface area (Å²) in [6, 6.07) is 0. The normalized spacial score (nSPS) is 17.8. The molecule has 0 saturated carbocycles. The molecular weight excluding hydrogens is 790 g/mol. The van der Waals surface area contributed by atoms with E-state index in [2.05, 4.69) is 47.2 Å². The molecule has 0 bridgehead atoms. The third kappa shape index (κ3) is 35.3. The van der Waals surface area contributed by atoms with Crippen LogP contribution in [0.1, 0.15) is 181 Å². The predicted octanol–water partition coefficient (Wildman–Crippen LogP) is 10.1. The van der Waals surface area contributed by atoms with Crippen LogP contribution in [0.15, 0.2) is 24.3 Å². The van der Waals surface area contributed by atoms with E-state index in [4.69, 9.17) is 28.5 Å². The highest BCUT2D eigenvalue weighted by molar-refractivity contribution is 7.47. The van der Waals surface area contributed by atoms with Crippen LogP contribution in [0.25, 0.3) is 0 Å². The van der Waals surface area contributed by atoms with Crippen LogP contribution in [0, 0.1) is 0 Å². The van der Waals surface area contributed by atoms with E-state index in [1.807, 2.05) is 0 Å². The van der Waals surface area contributed by atoms with Crippen molar-refractivity contribution in [3.05, 3.63) is 24.3 Å². The van der Waals surface area contributed by atoms with Crippen LogP contribution in [0.3, 0.4) is 0 Å². The average Bonchev–Trinajstić information content (AvgIpc) is 3.94. The molecule has 1 aliphatic heterocycles. The molecule has 1 aliphatic rings. The number of rotatable bonds is 41. The molecule has 5 atom stereocenters. The summed E-state index contributed by atoms with van der Waals surface area (Å²) in [7, 11) is -9.68. The molecular formula is C42H78O14P2. The van der Waals surface area contributed by atoms with Crippen molar-refractivity contribution < 1.29 is 66.3 Å². The molecule has 0 amide bonds. The third-order valence-electron chi connectivity index (χ3n) is 9.73. The Morgan fingerprint density at radius 3 is 1.69 bits per heavy atom. The number of unbranched alkanes of at least 4 members (excludes halogenated alkanes) is 18. The lowest BCUT2D eigenvalue weighted by molar-refractivity contribution is -0.161. The Hall–Kier alpha value is -1.44. The van der Waals surface area contributed by atoms with E-state index in [9.17, 15) is 28.7 Å². The summed E-state index contributed by atoms with van der Waals surface area (Å²) in [6.45, 7) is 1.70. The number of carbonyl (C=O) groups is 2. The van der Waals surface area contributed by atoms with E-state index in [-0.39, 0.29) is 12.8 Å². The van der Waals surface area contributed by atoms with E-state index < -0.39 is 66.2 Å². The number of aliphatic hydroxyl groups is 1. The van der Waals surface area contributed by atoms with Gasteiger partial charge in [0.15, 0.2) is 6.10 Å². The maximum absolute atomic E-state index is 12.7. The zero-order chi connectivity index (χ0) is 42.7. The van der Waals surface area contributed by atoms with Gasteiger partial charge in [0.2, 0.25) is 0 Å². The highest BCUT2D eigenvalue weighted by Crippen LogP contribution is 2.44. The second-order valence-corrected chi connectivity index (χ2v) is 18.0. The first-order valence-electron chi connectivity index (χ1n) is 22.2. The van der Waals surface area contributed by atoms with Crippen LogP contribution >= 0.6 is 15.6 Å². The number of phosphoric ester groups is 2. The molecule has 58 heavy (non-hydrogen) atoms. The minimum atomic E-state index is -4.87. The number of hydrogen-bond donors (Lipinski definition) is 4. The summed E-state index contributed by atoms with van der Waals surface area (Å²) in [6.07, 6.45) is 33.3. The van der Waals surface area contributed by atoms with Gasteiger partial charge in [-0.2, -0.15) is 0 Å². The number of phosphoric acid groups is 2.